The number of aliphatic carboxylic acids is 1. The summed E-state index contributed by atoms with van der Waals surface area (Å²) in [6.45, 7) is 6.53. The molecular formula is C16H30N2O3. The van der Waals surface area contributed by atoms with Gasteiger partial charge in [0.2, 0.25) is 0 Å². The van der Waals surface area contributed by atoms with Gasteiger partial charge in [-0.25, -0.2) is 9.59 Å². The third-order valence-electron chi connectivity index (χ3n) is 4.62. The first kappa shape index (κ1) is 17.8. The molecule has 0 spiro atoms. The molecule has 1 fully saturated rings. The fourth-order valence-corrected chi connectivity index (χ4v) is 2.85. The highest BCUT2D eigenvalue weighted by Crippen LogP contribution is 2.36. The molecule has 21 heavy (non-hydrogen) atoms. The smallest absolute Gasteiger partial charge is 0.326 e. The minimum Gasteiger partial charge on any atom is -0.480 e. The SMILES string of the molecule is CCCCC(NC(=O)N(C)C1CCC(C)(C)CC1)C(=O)O. The van der Waals surface area contributed by atoms with Gasteiger partial charge in [-0.05, 0) is 37.5 Å². The number of hydrogen-bond donors (Lipinski definition) is 2. The van der Waals surface area contributed by atoms with E-state index in [-0.39, 0.29) is 12.1 Å². The first-order chi connectivity index (χ1) is 9.76. The number of unbranched alkanes of at least 4 members (excludes halogenated alkanes) is 1. The molecule has 122 valence electrons. The molecule has 0 bridgehead atoms. The molecule has 2 N–H and O–H groups in total. The quantitative estimate of drug-likeness (QED) is 0.791. The number of urea groups is 1. The Kier molecular flexibility index (Phi) is 6.49. The Bertz CT molecular complexity index is 359. The molecule has 1 aliphatic carbocycles. The van der Waals surface area contributed by atoms with Crippen molar-refractivity contribution in [1.29, 1.82) is 0 Å². The second-order valence-corrected chi connectivity index (χ2v) is 6.99. The van der Waals surface area contributed by atoms with Gasteiger partial charge in [-0.15, -0.1) is 0 Å². The average molecular weight is 298 g/mol. The molecule has 0 saturated heterocycles. The number of amides is 2. The standard InChI is InChI=1S/C16H30N2O3/c1-5-6-7-13(14(19)20)17-15(21)18(4)12-8-10-16(2,3)11-9-12/h12-13H,5-11H2,1-4H3,(H,17,21)(H,19,20). The van der Waals surface area contributed by atoms with Crippen molar-refractivity contribution in [2.45, 2.75) is 77.8 Å². The molecule has 0 radical (unpaired) electrons. The largest absolute Gasteiger partial charge is 0.480 e. The van der Waals surface area contributed by atoms with Crippen LogP contribution in [0.25, 0.3) is 0 Å². The minimum absolute atomic E-state index is 0.221. The van der Waals surface area contributed by atoms with Crippen LogP contribution in [0.5, 0.6) is 0 Å². The van der Waals surface area contributed by atoms with E-state index in [2.05, 4.69) is 19.2 Å². The van der Waals surface area contributed by atoms with Crippen LogP contribution in [0.3, 0.4) is 0 Å². The highest BCUT2D eigenvalue weighted by Gasteiger charge is 2.31. The van der Waals surface area contributed by atoms with Gasteiger partial charge in [0.05, 0.1) is 0 Å². The van der Waals surface area contributed by atoms with Crippen molar-refractivity contribution in [1.82, 2.24) is 10.2 Å². The normalized spacial score (nSPS) is 19.8. The lowest BCUT2D eigenvalue weighted by molar-refractivity contribution is -0.139. The number of rotatable bonds is 6. The zero-order chi connectivity index (χ0) is 16.0. The fraction of sp³-hybridized carbons (Fsp3) is 0.875. The predicted molar refractivity (Wildman–Crippen MR) is 83.3 cm³/mol. The minimum atomic E-state index is -0.949. The van der Waals surface area contributed by atoms with Crippen molar-refractivity contribution >= 4 is 12.0 Å². The molecular weight excluding hydrogens is 268 g/mol. The van der Waals surface area contributed by atoms with E-state index < -0.39 is 12.0 Å². The molecule has 0 heterocycles. The van der Waals surface area contributed by atoms with Crippen LogP contribution in [-0.4, -0.2) is 41.1 Å². The molecule has 0 aliphatic heterocycles. The Morgan fingerprint density at radius 1 is 1.33 bits per heavy atom. The molecule has 1 aliphatic rings. The second kappa shape index (κ2) is 7.66. The number of carbonyl (C=O) groups is 2. The third-order valence-corrected chi connectivity index (χ3v) is 4.62. The van der Waals surface area contributed by atoms with E-state index in [9.17, 15) is 14.7 Å². The lowest BCUT2D eigenvalue weighted by atomic mass is 9.75. The van der Waals surface area contributed by atoms with Crippen LogP contribution in [0, 0.1) is 5.41 Å². The van der Waals surface area contributed by atoms with Gasteiger partial charge in [-0.3, -0.25) is 0 Å². The second-order valence-electron chi connectivity index (χ2n) is 6.99. The molecule has 1 rings (SSSR count). The molecule has 1 unspecified atom stereocenters. The van der Waals surface area contributed by atoms with E-state index in [1.54, 1.807) is 11.9 Å². The van der Waals surface area contributed by atoms with Crippen molar-refractivity contribution in [3.8, 4) is 0 Å². The van der Waals surface area contributed by atoms with E-state index in [1.807, 2.05) is 6.92 Å². The summed E-state index contributed by atoms with van der Waals surface area (Å²) in [5.74, 6) is -0.949. The van der Waals surface area contributed by atoms with E-state index in [0.717, 1.165) is 38.5 Å². The summed E-state index contributed by atoms with van der Waals surface area (Å²) >= 11 is 0. The molecule has 1 saturated carbocycles. The van der Waals surface area contributed by atoms with E-state index in [1.165, 1.54) is 0 Å². The number of carbonyl (C=O) groups excluding carboxylic acids is 1. The van der Waals surface area contributed by atoms with Crippen LogP contribution in [0.15, 0.2) is 0 Å². The molecule has 0 aromatic rings. The van der Waals surface area contributed by atoms with Crippen LogP contribution >= 0.6 is 0 Å². The molecule has 0 aromatic heterocycles. The first-order valence-corrected chi connectivity index (χ1v) is 8.03. The summed E-state index contributed by atoms with van der Waals surface area (Å²) in [6.07, 6.45) is 6.41. The van der Waals surface area contributed by atoms with Gasteiger partial charge in [0.15, 0.2) is 0 Å². The number of carboxylic acids is 1. The first-order valence-electron chi connectivity index (χ1n) is 8.03. The summed E-state index contributed by atoms with van der Waals surface area (Å²) in [5.41, 5.74) is 0.360. The number of nitrogens with one attached hydrogen (secondary N) is 1. The zero-order valence-corrected chi connectivity index (χ0v) is 13.8. The van der Waals surface area contributed by atoms with Crippen LogP contribution < -0.4 is 5.32 Å². The monoisotopic (exact) mass is 298 g/mol. The Morgan fingerprint density at radius 2 is 1.90 bits per heavy atom. The third kappa shape index (κ3) is 5.56. The lowest BCUT2D eigenvalue weighted by Crippen LogP contribution is -2.50. The van der Waals surface area contributed by atoms with Crippen LogP contribution in [0.1, 0.15) is 65.7 Å². The highest BCUT2D eigenvalue weighted by molar-refractivity contribution is 5.82. The van der Waals surface area contributed by atoms with Crippen molar-refractivity contribution in [3.63, 3.8) is 0 Å². The number of hydrogen-bond acceptors (Lipinski definition) is 2. The van der Waals surface area contributed by atoms with Crippen molar-refractivity contribution in [2.24, 2.45) is 5.41 Å². The van der Waals surface area contributed by atoms with E-state index in [4.69, 9.17) is 0 Å². The Balaban J connectivity index is 2.51. The van der Waals surface area contributed by atoms with E-state index in [0.29, 0.717) is 11.8 Å². The maximum Gasteiger partial charge on any atom is 0.326 e. The zero-order valence-electron chi connectivity index (χ0n) is 13.8. The van der Waals surface area contributed by atoms with Gasteiger partial charge in [-0.2, -0.15) is 0 Å². The van der Waals surface area contributed by atoms with Crippen LogP contribution in [0.4, 0.5) is 4.79 Å². The van der Waals surface area contributed by atoms with Gasteiger partial charge in [0.1, 0.15) is 6.04 Å². The van der Waals surface area contributed by atoms with Crippen LogP contribution in [0.2, 0.25) is 0 Å². The van der Waals surface area contributed by atoms with Gasteiger partial charge in [-0.1, -0.05) is 33.6 Å². The molecule has 5 nitrogen and oxygen atoms in total. The maximum absolute atomic E-state index is 12.2. The number of nitrogens with zero attached hydrogens (tertiary/aromatic N) is 1. The molecule has 5 heteroatoms. The summed E-state index contributed by atoms with van der Waals surface area (Å²) in [4.78, 5) is 25.1. The Morgan fingerprint density at radius 3 is 2.38 bits per heavy atom. The van der Waals surface area contributed by atoms with Gasteiger partial charge >= 0.3 is 12.0 Å². The predicted octanol–water partition coefficient (Wildman–Crippen LogP) is 3.24. The number of carboxylic acid groups (broad SMARTS) is 1. The highest BCUT2D eigenvalue weighted by atomic mass is 16.4. The average Bonchev–Trinajstić information content (AvgIpc) is 2.42. The molecule has 0 aromatic carbocycles. The summed E-state index contributed by atoms with van der Waals surface area (Å²) < 4.78 is 0. The van der Waals surface area contributed by atoms with Crippen molar-refractivity contribution in [3.05, 3.63) is 0 Å². The maximum atomic E-state index is 12.2. The Labute approximate surface area is 128 Å². The van der Waals surface area contributed by atoms with Crippen molar-refractivity contribution < 1.29 is 14.7 Å². The van der Waals surface area contributed by atoms with Gasteiger partial charge in [0, 0.05) is 13.1 Å². The van der Waals surface area contributed by atoms with E-state index >= 15 is 0 Å². The molecule has 1 atom stereocenters. The van der Waals surface area contributed by atoms with Crippen molar-refractivity contribution in [2.75, 3.05) is 7.05 Å². The summed E-state index contributed by atoms with van der Waals surface area (Å²) in [5, 5.41) is 11.8. The van der Waals surface area contributed by atoms with Crippen LogP contribution in [-0.2, 0) is 4.79 Å². The molecule has 2 amide bonds. The summed E-state index contributed by atoms with van der Waals surface area (Å²) in [7, 11) is 1.77. The lowest BCUT2D eigenvalue weighted by Gasteiger charge is -2.38. The fourth-order valence-electron chi connectivity index (χ4n) is 2.85. The Hall–Kier alpha value is -1.26. The topological polar surface area (TPSA) is 69.6 Å². The van der Waals surface area contributed by atoms with Gasteiger partial charge in [0.25, 0.3) is 0 Å². The van der Waals surface area contributed by atoms with Gasteiger partial charge < -0.3 is 15.3 Å². The summed E-state index contributed by atoms with van der Waals surface area (Å²) in [6, 6.07) is -0.818.